The lowest BCUT2D eigenvalue weighted by atomic mass is 10.2. The highest BCUT2D eigenvalue weighted by Crippen LogP contribution is 2.29. The Morgan fingerprint density at radius 2 is 1.90 bits per heavy atom. The minimum Gasteiger partial charge on any atom is -0.493 e. The molecule has 21 heavy (non-hydrogen) atoms. The van der Waals surface area contributed by atoms with Gasteiger partial charge in [0, 0.05) is 12.6 Å². The van der Waals surface area contributed by atoms with E-state index in [1.54, 1.807) is 6.07 Å². The van der Waals surface area contributed by atoms with Gasteiger partial charge in [0.1, 0.15) is 0 Å². The summed E-state index contributed by atoms with van der Waals surface area (Å²) in [7, 11) is -0.879. The maximum Gasteiger partial charge on any atom is 0.267 e. The van der Waals surface area contributed by atoms with Gasteiger partial charge in [-0.3, -0.25) is 4.79 Å². The van der Waals surface area contributed by atoms with Crippen LogP contribution in [0.3, 0.4) is 0 Å². The summed E-state index contributed by atoms with van der Waals surface area (Å²) in [5, 5.41) is 0. The van der Waals surface area contributed by atoms with Crippen LogP contribution in [0.4, 0.5) is 0 Å². The van der Waals surface area contributed by atoms with E-state index in [0.29, 0.717) is 11.5 Å². The Bertz CT molecular complexity index is 610. The zero-order valence-electron chi connectivity index (χ0n) is 12.9. The molecule has 0 saturated carbocycles. The van der Waals surface area contributed by atoms with Crippen LogP contribution in [0.15, 0.2) is 18.2 Å². The van der Waals surface area contributed by atoms with Crippen LogP contribution in [0.1, 0.15) is 31.1 Å². The van der Waals surface area contributed by atoms with Crippen LogP contribution in [0, 0.1) is 0 Å². The van der Waals surface area contributed by atoms with Gasteiger partial charge in [-0.2, -0.15) is 0 Å². The molecule has 0 N–H and O–H groups in total. The predicted octanol–water partition coefficient (Wildman–Crippen LogP) is 1.90. The number of carbonyl (C=O) groups excluding carboxylic acids is 1. The van der Waals surface area contributed by atoms with Crippen LogP contribution >= 0.6 is 0 Å². The summed E-state index contributed by atoms with van der Waals surface area (Å²) in [5.74, 6) is 0.147. The van der Waals surface area contributed by atoms with Crippen LogP contribution in [0.2, 0.25) is 0 Å². The van der Waals surface area contributed by atoms with Gasteiger partial charge in [-0.15, -0.1) is 0 Å². The maximum absolute atomic E-state index is 12.2. The molecule has 0 spiro atoms. The third-order valence-corrected chi connectivity index (χ3v) is 4.57. The molecule has 1 aromatic rings. The molecule has 0 radical (unpaired) electrons. The molecule has 1 rings (SSSR count). The van der Waals surface area contributed by atoms with Crippen LogP contribution in [0.5, 0.6) is 11.5 Å². The lowest BCUT2D eigenvalue weighted by Crippen LogP contribution is -2.34. The summed E-state index contributed by atoms with van der Waals surface area (Å²) < 4.78 is 34.9. The Labute approximate surface area is 125 Å². The Kier molecular flexibility index (Phi) is 5.60. The van der Waals surface area contributed by atoms with Crippen molar-refractivity contribution in [2.24, 2.45) is 0 Å². The Morgan fingerprint density at radius 1 is 1.29 bits per heavy atom. The molecule has 0 aliphatic carbocycles. The third kappa shape index (κ3) is 4.10. The number of rotatable bonds is 6. The summed E-state index contributed by atoms with van der Waals surface area (Å²) in [4.78, 5) is 12.2. The van der Waals surface area contributed by atoms with Crippen molar-refractivity contribution < 1.29 is 22.7 Å². The molecule has 1 aromatic carbocycles. The van der Waals surface area contributed by atoms with Crippen LogP contribution in [-0.4, -0.2) is 44.6 Å². The van der Waals surface area contributed by atoms with Gasteiger partial charge in [0.2, 0.25) is 10.0 Å². The monoisotopic (exact) mass is 315 g/mol. The molecule has 0 heterocycles. The first-order valence-corrected chi connectivity index (χ1v) is 8.19. The van der Waals surface area contributed by atoms with Gasteiger partial charge >= 0.3 is 0 Å². The second-order valence-electron chi connectivity index (χ2n) is 4.71. The topological polar surface area (TPSA) is 72.9 Å². The van der Waals surface area contributed by atoms with Crippen molar-refractivity contribution in [2.45, 2.75) is 26.9 Å². The van der Waals surface area contributed by atoms with Crippen molar-refractivity contribution in [3.63, 3.8) is 0 Å². The van der Waals surface area contributed by atoms with E-state index in [4.69, 9.17) is 9.47 Å². The van der Waals surface area contributed by atoms with E-state index in [-0.39, 0.29) is 17.4 Å². The highest BCUT2D eigenvalue weighted by Gasteiger charge is 2.23. The van der Waals surface area contributed by atoms with E-state index in [1.165, 1.54) is 33.2 Å². The SMILES string of the molecule is CCS(=O)(=O)N(C)C(=O)c1ccc(OC(C)C)c(OC)c1. The van der Waals surface area contributed by atoms with E-state index in [9.17, 15) is 13.2 Å². The summed E-state index contributed by atoms with van der Waals surface area (Å²) in [6.07, 6.45) is -0.0383. The highest BCUT2D eigenvalue weighted by atomic mass is 32.2. The van der Waals surface area contributed by atoms with Gasteiger partial charge in [-0.05, 0) is 39.0 Å². The molecule has 0 aromatic heterocycles. The second-order valence-corrected chi connectivity index (χ2v) is 6.99. The molecule has 0 unspecified atom stereocenters. The smallest absolute Gasteiger partial charge is 0.267 e. The zero-order chi connectivity index (χ0) is 16.2. The number of hydrogen-bond acceptors (Lipinski definition) is 5. The minimum absolute atomic E-state index is 0.0383. The first kappa shape index (κ1) is 17.3. The number of ether oxygens (including phenoxy) is 2. The number of amides is 1. The molecule has 118 valence electrons. The van der Waals surface area contributed by atoms with Crippen molar-refractivity contribution in [2.75, 3.05) is 19.9 Å². The fourth-order valence-corrected chi connectivity index (χ4v) is 2.40. The highest BCUT2D eigenvalue weighted by molar-refractivity contribution is 7.89. The largest absolute Gasteiger partial charge is 0.493 e. The van der Waals surface area contributed by atoms with E-state index in [2.05, 4.69) is 0 Å². The van der Waals surface area contributed by atoms with E-state index < -0.39 is 15.9 Å². The number of nitrogens with zero attached hydrogens (tertiary/aromatic N) is 1. The normalized spacial score (nSPS) is 11.3. The fourth-order valence-electron chi connectivity index (χ4n) is 1.65. The second kappa shape index (κ2) is 6.80. The van der Waals surface area contributed by atoms with Crippen molar-refractivity contribution in [1.82, 2.24) is 4.31 Å². The van der Waals surface area contributed by atoms with Crippen molar-refractivity contribution in [3.05, 3.63) is 23.8 Å². The summed E-state index contributed by atoms with van der Waals surface area (Å²) in [6, 6.07) is 4.59. The number of benzene rings is 1. The van der Waals surface area contributed by atoms with Gasteiger partial charge in [-0.25, -0.2) is 12.7 Å². The zero-order valence-corrected chi connectivity index (χ0v) is 13.7. The van der Waals surface area contributed by atoms with Gasteiger partial charge in [-0.1, -0.05) is 0 Å². The molecule has 1 amide bonds. The van der Waals surface area contributed by atoms with Crippen LogP contribution in [-0.2, 0) is 10.0 Å². The molecule has 0 bridgehead atoms. The maximum atomic E-state index is 12.2. The van der Waals surface area contributed by atoms with Gasteiger partial charge in [0.15, 0.2) is 11.5 Å². The predicted molar refractivity (Wildman–Crippen MR) is 80.3 cm³/mol. The molecular formula is C14H21NO5S. The molecule has 6 nitrogen and oxygen atoms in total. The number of sulfonamides is 1. The van der Waals surface area contributed by atoms with Crippen molar-refractivity contribution in [1.29, 1.82) is 0 Å². The number of methoxy groups -OCH3 is 1. The standard InChI is InChI=1S/C14H21NO5S/c1-6-21(17,18)15(4)14(16)11-7-8-12(20-10(2)3)13(9-11)19-5/h7-10H,6H2,1-5H3. The molecular weight excluding hydrogens is 294 g/mol. The van der Waals surface area contributed by atoms with E-state index in [1.807, 2.05) is 13.8 Å². The lowest BCUT2D eigenvalue weighted by Gasteiger charge is -2.18. The van der Waals surface area contributed by atoms with Gasteiger partial charge in [0.25, 0.3) is 5.91 Å². The Morgan fingerprint density at radius 3 is 2.38 bits per heavy atom. The quantitative estimate of drug-likeness (QED) is 0.801. The molecule has 0 aliphatic rings. The first-order chi connectivity index (χ1) is 9.72. The van der Waals surface area contributed by atoms with Gasteiger partial charge in [0.05, 0.1) is 19.0 Å². The van der Waals surface area contributed by atoms with Crippen LogP contribution < -0.4 is 9.47 Å². The number of hydrogen-bond donors (Lipinski definition) is 0. The van der Waals surface area contributed by atoms with Crippen molar-refractivity contribution >= 4 is 15.9 Å². The average molecular weight is 315 g/mol. The Hall–Kier alpha value is -1.76. The van der Waals surface area contributed by atoms with Gasteiger partial charge < -0.3 is 9.47 Å². The molecule has 7 heteroatoms. The molecule has 0 aliphatic heterocycles. The number of carbonyl (C=O) groups is 1. The summed E-state index contributed by atoms with van der Waals surface area (Å²) in [5.41, 5.74) is 0.225. The minimum atomic E-state index is -3.58. The molecule has 0 atom stereocenters. The lowest BCUT2D eigenvalue weighted by molar-refractivity contribution is 0.0882. The van der Waals surface area contributed by atoms with Crippen molar-refractivity contribution in [3.8, 4) is 11.5 Å². The van der Waals surface area contributed by atoms with E-state index in [0.717, 1.165) is 4.31 Å². The molecule has 0 fully saturated rings. The third-order valence-electron chi connectivity index (χ3n) is 2.84. The van der Waals surface area contributed by atoms with E-state index >= 15 is 0 Å². The summed E-state index contributed by atoms with van der Waals surface area (Å²) in [6.45, 7) is 5.24. The summed E-state index contributed by atoms with van der Waals surface area (Å²) >= 11 is 0. The average Bonchev–Trinajstić information content (AvgIpc) is 2.45. The first-order valence-electron chi connectivity index (χ1n) is 6.58. The Balaban J connectivity index is 3.13. The van der Waals surface area contributed by atoms with Crippen LogP contribution in [0.25, 0.3) is 0 Å². The molecule has 0 saturated heterocycles. The fraction of sp³-hybridized carbons (Fsp3) is 0.500.